The van der Waals surface area contributed by atoms with E-state index in [0.717, 1.165) is 12.1 Å². The summed E-state index contributed by atoms with van der Waals surface area (Å²) in [5.74, 6) is -50.6. The zero-order valence-corrected chi connectivity index (χ0v) is 16.2. The third kappa shape index (κ3) is 4.38. The fraction of sp³-hybridized carbons (Fsp3) is 0.600. The molecule has 0 atom stereocenters. The molecule has 208 valence electrons. The molecule has 0 saturated heterocycles. The van der Waals surface area contributed by atoms with Crippen LogP contribution in [0.4, 0.5) is 80.3 Å². The summed E-state index contributed by atoms with van der Waals surface area (Å²) < 4.78 is 224. The van der Waals surface area contributed by atoms with Crippen LogP contribution in [0.3, 0.4) is 0 Å². The van der Waals surface area contributed by atoms with Crippen molar-refractivity contribution in [2.45, 2.75) is 54.3 Å². The molecule has 21 heteroatoms. The van der Waals surface area contributed by atoms with Gasteiger partial charge in [0.15, 0.2) is 0 Å². The summed E-state index contributed by atoms with van der Waals surface area (Å²) in [4.78, 5) is 9.38. The van der Waals surface area contributed by atoms with Gasteiger partial charge in [-0.25, -0.2) is 5.32 Å². The molecule has 36 heavy (non-hydrogen) atoms. The number of nitrogens with one attached hydrogen (secondary N) is 1. The van der Waals surface area contributed by atoms with E-state index in [9.17, 15) is 84.8 Å². The molecule has 1 N–H and O–H groups in total. The predicted molar refractivity (Wildman–Crippen MR) is 80.6 cm³/mol. The molecule has 0 aliphatic carbocycles. The first-order chi connectivity index (χ1) is 15.6. The lowest BCUT2D eigenvalue weighted by atomic mass is 9.90. The Morgan fingerprint density at radius 2 is 0.972 bits per heavy atom. The Morgan fingerprint density at radius 1 is 0.611 bits per heavy atom. The Kier molecular flexibility index (Phi) is 7.64. The van der Waals surface area contributed by atoms with E-state index < -0.39 is 70.5 Å². The van der Waals surface area contributed by atoms with Crippen molar-refractivity contribution in [2.75, 3.05) is 0 Å². The first kappa shape index (κ1) is 31.4. The average molecular weight is 570 g/mol. The quantitative estimate of drug-likeness (QED) is 0.148. The topological polar surface area (TPSA) is 55.2 Å². The highest BCUT2D eigenvalue weighted by atomic mass is 19.4. The minimum absolute atomic E-state index is 0.0721. The second-order valence-electron chi connectivity index (χ2n) is 6.76. The number of benzene rings is 1. The van der Waals surface area contributed by atoms with Crippen molar-refractivity contribution in [3.8, 4) is 0 Å². The SMILES string of the molecule is O=[N+]([O-])c1ccccc1CNC(F)(F)C(F)(F)C(F)(F)C(F)(F)C(F)(F)C(F)(F)C(F)(F)C(F)(F)F. The molecule has 0 fully saturated rings. The van der Waals surface area contributed by atoms with Crippen molar-refractivity contribution in [3.05, 3.63) is 39.9 Å². The smallest absolute Gasteiger partial charge is 0.258 e. The molecule has 0 spiro atoms. The van der Waals surface area contributed by atoms with Crippen LogP contribution in [0.1, 0.15) is 5.56 Å². The summed E-state index contributed by atoms with van der Waals surface area (Å²) in [7, 11) is 0. The summed E-state index contributed by atoms with van der Waals surface area (Å²) in [6, 6.07) is -4.07. The van der Waals surface area contributed by atoms with Crippen LogP contribution in [0.5, 0.6) is 0 Å². The molecule has 0 amide bonds. The number of nitro benzene ring substituents is 1. The number of nitro groups is 1. The second kappa shape index (κ2) is 8.75. The van der Waals surface area contributed by atoms with Crippen LogP contribution >= 0.6 is 0 Å². The third-order valence-electron chi connectivity index (χ3n) is 4.41. The van der Waals surface area contributed by atoms with E-state index in [1.165, 1.54) is 0 Å². The molecular weight excluding hydrogens is 563 g/mol. The van der Waals surface area contributed by atoms with E-state index >= 15 is 0 Å². The van der Waals surface area contributed by atoms with Crippen molar-refractivity contribution in [1.82, 2.24) is 5.32 Å². The Bertz CT molecular complexity index is 973. The first-order valence-corrected chi connectivity index (χ1v) is 8.34. The lowest BCUT2D eigenvalue weighted by molar-refractivity contribution is -0.463. The van der Waals surface area contributed by atoms with Crippen LogP contribution in [-0.2, 0) is 6.54 Å². The van der Waals surface area contributed by atoms with Crippen LogP contribution in [0, 0.1) is 10.1 Å². The summed E-state index contributed by atoms with van der Waals surface area (Å²) in [5.41, 5.74) is -2.17. The molecule has 0 aliphatic rings. The fourth-order valence-corrected chi connectivity index (χ4v) is 2.32. The highest BCUT2D eigenvalue weighted by Crippen LogP contribution is 2.63. The summed E-state index contributed by atoms with van der Waals surface area (Å²) in [6.07, 6.45) is -7.83. The normalized spacial score (nSPS) is 15.2. The fourth-order valence-electron chi connectivity index (χ4n) is 2.32. The van der Waals surface area contributed by atoms with Gasteiger partial charge in [0.1, 0.15) is 0 Å². The molecule has 0 heterocycles. The monoisotopic (exact) mass is 570 g/mol. The third-order valence-corrected chi connectivity index (χ3v) is 4.41. The lowest BCUT2D eigenvalue weighted by Crippen LogP contribution is -2.75. The molecular formula is C15H7F17N2O2. The Morgan fingerprint density at radius 3 is 1.36 bits per heavy atom. The summed E-state index contributed by atoms with van der Waals surface area (Å²) in [6.45, 7) is -1.96. The maximum atomic E-state index is 13.7. The molecule has 1 rings (SSSR count). The molecule has 1 aromatic rings. The molecule has 1 aromatic carbocycles. The molecule has 0 radical (unpaired) electrons. The number of hydrogen-bond donors (Lipinski definition) is 1. The number of para-hydroxylation sites is 1. The minimum Gasteiger partial charge on any atom is -0.258 e. The molecule has 0 aromatic heterocycles. The van der Waals surface area contributed by atoms with Gasteiger partial charge in [0.2, 0.25) is 0 Å². The highest BCUT2D eigenvalue weighted by molar-refractivity contribution is 5.39. The largest absolute Gasteiger partial charge is 0.460 e. The predicted octanol–water partition coefficient (Wildman–Crippen LogP) is 6.65. The van der Waals surface area contributed by atoms with Crippen molar-refractivity contribution in [3.63, 3.8) is 0 Å². The van der Waals surface area contributed by atoms with Crippen LogP contribution in [0.25, 0.3) is 0 Å². The summed E-state index contributed by atoms with van der Waals surface area (Å²) >= 11 is 0. The highest BCUT2D eigenvalue weighted by Gasteiger charge is 2.95. The number of hydrogen-bond acceptors (Lipinski definition) is 3. The zero-order valence-electron chi connectivity index (χ0n) is 16.2. The van der Waals surface area contributed by atoms with Gasteiger partial charge in [0.25, 0.3) is 5.69 Å². The lowest BCUT2D eigenvalue weighted by Gasteiger charge is -2.42. The Hall–Kier alpha value is -2.61. The van der Waals surface area contributed by atoms with Crippen molar-refractivity contribution >= 4 is 5.69 Å². The van der Waals surface area contributed by atoms with Gasteiger partial charge in [-0.15, -0.1) is 0 Å². The summed E-state index contributed by atoms with van der Waals surface area (Å²) in [5, 5.41) is 10.8. The number of halogens is 17. The van der Waals surface area contributed by atoms with Crippen molar-refractivity contribution in [1.29, 1.82) is 0 Å². The minimum atomic E-state index is -8.72. The van der Waals surface area contributed by atoms with E-state index in [0.29, 0.717) is 12.1 Å². The number of rotatable bonds is 10. The van der Waals surface area contributed by atoms with Gasteiger partial charge in [-0.05, 0) is 0 Å². The van der Waals surface area contributed by atoms with E-state index in [2.05, 4.69) is 0 Å². The van der Waals surface area contributed by atoms with E-state index in [4.69, 9.17) is 0 Å². The van der Waals surface area contributed by atoms with Gasteiger partial charge in [-0.3, -0.25) is 10.1 Å². The number of nitrogens with zero attached hydrogens (tertiary/aromatic N) is 1. The number of alkyl halides is 17. The van der Waals surface area contributed by atoms with Crippen molar-refractivity contribution in [2.24, 2.45) is 0 Å². The van der Waals surface area contributed by atoms with Gasteiger partial charge >= 0.3 is 47.8 Å². The van der Waals surface area contributed by atoms with E-state index in [1.807, 2.05) is 0 Å². The molecule has 0 aliphatic heterocycles. The molecule has 0 saturated carbocycles. The Labute approximate surface area is 186 Å². The van der Waals surface area contributed by atoms with E-state index in [1.54, 1.807) is 0 Å². The maximum Gasteiger partial charge on any atom is 0.460 e. The van der Waals surface area contributed by atoms with Crippen LogP contribution in [0.15, 0.2) is 24.3 Å². The first-order valence-electron chi connectivity index (χ1n) is 8.34. The maximum absolute atomic E-state index is 13.7. The molecule has 0 bridgehead atoms. The van der Waals surface area contributed by atoms with Crippen LogP contribution in [-0.4, -0.2) is 52.7 Å². The molecule has 4 nitrogen and oxygen atoms in total. The molecule has 0 unspecified atom stereocenters. The Balaban J connectivity index is 3.51. The van der Waals surface area contributed by atoms with Gasteiger partial charge < -0.3 is 0 Å². The second-order valence-corrected chi connectivity index (χ2v) is 6.76. The standard InChI is InChI=1S/C15H7F17N2O2/c16-8(17,10(20,21)12(24,25)14(28,29)30)9(18,19)11(22,23)13(26,27)15(31,32)33-5-6-3-1-2-4-7(6)34(35)36/h1-4,33H,5H2. The van der Waals surface area contributed by atoms with Crippen LogP contribution in [0.2, 0.25) is 0 Å². The average Bonchev–Trinajstić information content (AvgIpc) is 2.70. The van der Waals surface area contributed by atoms with Crippen LogP contribution < -0.4 is 5.32 Å². The van der Waals surface area contributed by atoms with Gasteiger partial charge in [-0.2, -0.15) is 74.6 Å². The van der Waals surface area contributed by atoms with Gasteiger partial charge in [0, 0.05) is 18.2 Å². The van der Waals surface area contributed by atoms with Crippen molar-refractivity contribution < 1.29 is 79.6 Å². The van der Waals surface area contributed by atoms with Gasteiger partial charge in [0.05, 0.1) is 4.92 Å². The van der Waals surface area contributed by atoms with Gasteiger partial charge in [-0.1, -0.05) is 18.2 Å². The zero-order chi connectivity index (χ0) is 29.0. The van der Waals surface area contributed by atoms with E-state index in [-0.39, 0.29) is 5.32 Å².